The van der Waals surface area contributed by atoms with Crippen molar-refractivity contribution in [1.82, 2.24) is 29.7 Å². The highest BCUT2D eigenvalue weighted by Gasteiger charge is 2.09. The summed E-state index contributed by atoms with van der Waals surface area (Å²) >= 11 is 5.69. The van der Waals surface area contributed by atoms with E-state index in [1.54, 1.807) is 14.0 Å². The summed E-state index contributed by atoms with van der Waals surface area (Å²) in [6.45, 7) is 2.22. The molecule has 0 atom stereocenters. The van der Waals surface area contributed by atoms with Gasteiger partial charge in [0, 0.05) is 7.05 Å². The van der Waals surface area contributed by atoms with Crippen molar-refractivity contribution in [3.63, 3.8) is 0 Å². The van der Waals surface area contributed by atoms with E-state index in [1.165, 1.54) is 11.0 Å². The summed E-state index contributed by atoms with van der Waals surface area (Å²) in [7, 11) is 1.71. The fourth-order valence-corrected chi connectivity index (χ4v) is 1.15. The molecule has 9 heteroatoms. The van der Waals surface area contributed by atoms with Crippen LogP contribution in [0.2, 0.25) is 5.28 Å². The van der Waals surface area contributed by atoms with Crippen LogP contribution in [-0.2, 0) is 7.05 Å². The third-order valence-electron chi connectivity index (χ3n) is 1.60. The molecule has 0 N–H and O–H groups in total. The van der Waals surface area contributed by atoms with E-state index in [9.17, 15) is 0 Å². The summed E-state index contributed by atoms with van der Waals surface area (Å²) in [5.74, 6) is 0. The first-order valence-electron chi connectivity index (χ1n) is 4.75. The van der Waals surface area contributed by atoms with E-state index in [2.05, 4.69) is 25.0 Å². The van der Waals surface area contributed by atoms with Crippen molar-refractivity contribution in [2.75, 3.05) is 6.61 Å². The molecule has 0 saturated carbocycles. The average molecular weight is 257 g/mol. The summed E-state index contributed by atoms with van der Waals surface area (Å²) < 4.78 is 11.8. The number of hydrogen-bond donors (Lipinski definition) is 0. The third-order valence-corrected chi connectivity index (χ3v) is 1.77. The molecule has 0 amide bonds. The van der Waals surface area contributed by atoms with E-state index in [-0.39, 0.29) is 23.3 Å². The number of hydrogen-bond acceptors (Lipinski definition) is 7. The van der Waals surface area contributed by atoms with E-state index in [1.807, 2.05) is 0 Å². The fraction of sp³-hybridized carbons (Fsp3) is 0.375. The monoisotopic (exact) mass is 256 g/mol. The minimum atomic E-state index is -0.0191. The largest absolute Gasteiger partial charge is 0.464 e. The lowest BCUT2D eigenvalue weighted by Crippen LogP contribution is -2.02. The maximum absolute atomic E-state index is 5.69. The summed E-state index contributed by atoms with van der Waals surface area (Å²) in [6.07, 6.45) is 1.49. The van der Waals surface area contributed by atoms with Gasteiger partial charge in [-0.15, -0.1) is 10.1 Å². The van der Waals surface area contributed by atoms with Crippen LogP contribution >= 0.6 is 11.6 Å². The summed E-state index contributed by atoms with van der Waals surface area (Å²) in [5, 5.41) is 3.89. The molecule has 0 saturated heterocycles. The van der Waals surface area contributed by atoms with E-state index in [0.29, 0.717) is 6.61 Å². The van der Waals surface area contributed by atoms with E-state index >= 15 is 0 Å². The van der Waals surface area contributed by atoms with Crippen molar-refractivity contribution in [3.05, 3.63) is 11.6 Å². The van der Waals surface area contributed by atoms with Gasteiger partial charge in [0.1, 0.15) is 6.33 Å². The van der Waals surface area contributed by atoms with Crippen LogP contribution in [0.1, 0.15) is 6.92 Å². The molecule has 8 nitrogen and oxygen atoms in total. The Labute approximate surface area is 102 Å². The van der Waals surface area contributed by atoms with Gasteiger partial charge in [0.15, 0.2) is 0 Å². The van der Waals surface area contributed by atoms with Crippen LogP contribution in [0.25, 0.3) is 0 Å². The van der Waals surface area contributed by atoms with Crippen molar-refractivity contribution in [3.8, 4) is 18.0 Å². The molecule has 0 fully saturated rings. The Hall–Kier alpha value is -1.96. The molecule has 2 heterocycles. The molecule has 0 unspecified atom stereocenters. The molecule has 0 spiro atoms. The molecular formula is C8H9ClN6O2. The van der Waals surface area contributed by atoms with Crippen LogP contribution in [-0.4, -0.2) is 36.3 Å². The Morgan fingerprint density at radius 2 is 2.00 bits per heavy atom. The highest BCUT2D eigenvalue weighted by atomic mass is 35.5. The molecule has 0 bridgehead atoms. The maximum atomic E-state index is 5.69. The van der Waals surface area contributed by atoms with Crippen molar-refractivity contribution in [2.45, 2.75) is 6.92 Å². The van der Waals surface area contributed by atoms with Crippen molar-refractivity contribution < 1.29 is 9.47 Å². The number of nitrogens with zero attached hydrogens (tertiary/aromatic N) is 6. The average Bonchev–Trinajstić information content (AvgIpc) is 2.63. The Morgan fingerprint density at radius 1 is 1.24 bits per heavy atom. The highest BCUT2D eigenvalue weighted by Crippen LogP contribution is 2.16. The Balaban J connectivity index is 2.20. The zero-order valence-corrected chi connectivity index (χ0v) is 9.92. The van der Waals surface area contributed by atoms with E-state index in [0.717, 1.165) is 0 Å². The fourth-order valence-electron chi connectivity index (χ4n) is 1.00. The molecule has 0 aliphatic carbocycles. The number of halogens is 1. The number of ether oxygens (including phenoxy) is 2. The second kappa shape index (κ2) is 4.91. The van der Waals surface area contributed by atoms with Gasteiger partial charge in [0.05, 0.1) is 6.61 Å². The third kappa shape index (κ3) is 3.00. The highest BCUT2D eigenvalue weighted by molar-refractivity contribution is 6.28. The first-order chi connectivity index (χ1) is 8.17. The van der Waals surface area contributed by atoms with Crippen LogP contribution in [0.3, 0.4) is 0 Å². The van der Waals surface area contributed by atoms with E-state index < -0.39 is 0 Å². The summed E-state index contributed by atoms with van der Waals surface area (Å²) in [5.41, 5.74) is 0. The van der Waals surface area contributed by atoms with Crippen molar-refractivity contribution >= 4 is 11.6 Å². The molecule has 2 aromatic heterocycles. The molecular weight excluding hydrogens is 248 g/mol. The van der Waals surface area contributed by atoms with Crippen LogP contribution < -0.4 is 9.47 Å². The predicted octanol–water partition coefficient (Wildman–Crippen LogP) is 0.845. The molecule has 0 aromatic carbocycles. The Bertz CT molecular complexity index is 516. The van der Waals surface area contributed by atoms with Gasteiger partial charge in [0.25, 0.3) is 0 Å². The van der Waals surface area contributed by atoms with Gasteiger partial charge >= 0.3 is 18.0 Å². The quantitative estimate of drug-likeness (QED) is 0.801. The molecule has 17 heavy (non-hydrogen) atoms. The van der Waals surface area contributed by atoms with Crippen molar-refractivity contribution in [1.29, 1.82) is 0 Å². The van der Waals surface area contributed by atoms with Gasteiger partial charge < -0.3 is 9.47 Å². The van der Waals surface area contributed by atoms with Gasteiger partial charge in [-0.25, -0.2) is 0 Å². The Morgan fingerprint density at radius 3 is 2.65 bits per heavy atom. The van der Waals surface area contributed by atoms with Gasteiger partial charge in [-0.1, -0.05) is 0 Å². The lowest BCUT2D eigenvalue weighted by atomic mass is 10.8. The number of aromatic nitrogens is 6. The first-order valence-corrected chi connectivity index (χ1v) is 5.13. The number of rotatable bonds is 4. The smallest absolute Gasteiger partial charge is 0.343 e. The maximum Gasteiger partial charge on any atom is 0.343 e. The predicted molar refractivity (Wildman–Crippen MR) is 57.1 cm³/mol. The zero-order valence-electron chi connectivity index (χ0n) is 9.16. The van der Waals surface area contributed by atoms with Crippen LogP contribution in [0.4, 0.5) is 0 Å². The molecule has 2 aromatic rings. The van der Waals surface area contributed by atoms with Crippen LogP contribution in [0, 0.1) is 0 Å². The zero-order chi connectivity index (χ0) is 12.3. The second-order valence-corrected chi connectivity index (χ2v) is 3.24. The first kappa shape index (κ1) is 11.5. The standard InChI is InChI=1S/C8H9ClN6O2/c1-3-16-7-11-5(9)12-8(13-7)17-6-10-4-15(2)14-6/h4H,3H2,1-2H3. The topological polar surface area (TPSA) is 87.8 Å². The minimum absolute atomic E-state index is 0.0142. The summed E-state index contributed by atoms with van der Waals surface area (Å²) in [6, 6.07) is 0.204. The van der Waals surface area contributed by atoms with Gasteiger partial charge in [0.2, 0.25) is 5.28 Å². The molecule has 0 aliphatic heterocycles. The number of aryl methyl sites for hydroxylation is 1. The van der Waals surface area contributed by atoms with E-state index in [4.69, 9.17) is 21.1 Å². The van der Waals surface area contributed by atoms with Crippen molar-refractivity contribution in [2.24, 2.45) is 7.05 Å². The van der Waals surface area contributed by atoms with Crippen LogP contribution in [0.5, 0.6) is 18.0 Å². The second-order valence-electron chi connectivity index (χ2n) is 2.91. The van der Waals surface area contributed by atoms with Gasteiger partial charge in [-0.2, -0.15) is 15.0 Å². The summed E-state index contributed by atoms with van der Waals surface area (Å²) in [4.78, 5) is 15.3. The van der Waals surface area contributed by atoms with Crippen LogP contribution in [0.15, 0.2) is 6.33 Å². The SMILES string of the molecule is CCOc1nc(Cl)nc(Oc2ncn(C)n2)n1. The molecule has 0 aliphatic rings. The molecule has 90 valence electrons. The van der Waals surface area contributed by atoms with Gasteiger partial charge in [-0.3, -0.25) is 4.68 Å². The lowest BCUT2D eigenvalue weighted by Gasteiger charge is -2.02. The normalized spacial score (nSPS) is 10.3. The molecule has 2 rings (SSSR count). The minimum Gasteiger partial charge on any atom is -0.464 e. The molecule has 0 radical (unpaired) electrons. The van der Waals surface area contributed by atoms with Gasteiger partial charge in [-0.05, 0) is 18.5 Å². The Kier molecular flexibility index (Phi) is 3.33. The lowest BCUT2D eigenvalue weighted by molar-refractivity contribution is 0.301.